The second-order valence-electron chi connectivity index (χ2n) is 7.95. The molecule has 8 heteroatoms. The summed E-state index contributed by atoms with van der Waals surface area (Å²) in [6.45, 7) is 3.63. The summed E-state index contributed by atoms with van der Waals surface area (Å²) in [6.07, 6.45) is 8.03. The zero-order chi connectivity index (χ0) is 19.3. The molecule has 1 N–H and O–H groups in total. The number of aromatic nitrogens is 5. The van der Waals surface area contributed by atoms with Gasteiger partial charge in [-0.3, -0.25) is 9.48 Å². The maximum atomic E-state index is 12.5. The van der Waals surface area contributed by atoms with Gasteiger partial charge in [0.2, 0.25) is 0 Å². The van der Waals surface area contributed by atoms with Crippen LogP contribution in [-0.4, -0.2) is 49.4 Å². The van der Waals surface area contributed by atoms with Crippen molar-refractivity contribution < 1.29 is 4.79 Å². The van der Waals surface area contributed by atoms with Crippen molar-refractivity contribution in [3.63, 3.8) is 0 Å². The standard InChI is InChI=1S/C20H25N7O/c1-13-11-18(25(2)23-13)20(28)22-15-5-8-26(9-6-15)19-17-12-16(14-3-4-14)24-27(17)10-7-21-19/h7,10-12,14-15H,3-6,8-9H2,1-2H3,(H,22,28). The van der Waals surface area contributed by atoms with Crippen molar-refractivity contribution in [1.82, 2.24) is 29.7 Å². The minimum atomic E-state index is -0.0494. The number of anilines is 1. The zero-order valence-electron chi connectivity index (χ0n) is 16.3. The van der Waals surface area contributed by atoms with E-state index in [2.05, 4.69) is 26.4 Å². The first-order valence-electron chi connectivity index (χ1n) is 9.99. The molecule has 1 saturated carbocycles. The molecular formula is C20H25N7O. The van der Waals surface area contributed by atoms with Gasteiger partial charge in [0, 0.05) is 44.5 Å². The molecule has 2 fully saturated rings. The molecule has 1 aliphatic heterocycles. The van der Waals surface area contributed by atoms with Crippen molar-refractivity contribution in [3.05, 3.63) is 41.6 Å². The molecule has 28 heavy (non-hydrogen) atoms. The molecule has 4 heterocycles. The van der Waals surface area contributed by atoms with Gasteiger partial charge in [-0.25, -0.2) is 9.50 Å². The van der Waals surface area contributed by atoms with Crippen LogP contribution in [0.2, 0.25) is 0 Å². The molecule has 1 saturated heterocycles. The van der Waals surface area contributed by atoms with Crippen LogP contribution in [0.4, 0.5) is 5.82 Å². The number of fused-ring (bicyclic) bond motifs is 1. The van der Waals surface area contributed by atoms with Crippen LogP contribution in [0, 0.1) is 6.92 Å². The topological polar surface area (TPSA) is 80.4 Å². The Morgan fingerprint density at radius 3 is 2.61 bits per heavy atom. The third kappa shape index (κ3) is 3.12. The molecular weight excluding hydrogens is 354 g/mol. The van der Waals surface area contributed by atoms with E-state index < -0.39 is 0 Å². The molecule has 0 radical (unpaired) electrons. The molecule has 5 rings (SSSR count). The van der Waals surface area contributed by atoms with Gasteiger partial charge < -0.3 is 10.2 Å². The van der Waals surface area contributed by atoms with E-state index in [0.29, 0.717) is 11.6 Å². The van der Waals surface area contributed by atoms with Crippen LogP contribution >= 0.6 is 0 Å². The molecule has 8 nitrogen and oxygen atoms in total. The lowest BCUT2D eigenvalue weighted by atomic mass is 10.0. The predicted molar refractivity (Wildman–Crippen MR) is 106 cm³/mol. The average molecular weight is 379 g/mol. The van der Waals surface area contributed by atoms with Gasteiger partial charge in [0.05, 0.1) is 11.4 Å². The number of nitrogens with one attached hydrogen (secondary N) is 1. The van der Waals surface area contributed by atoms with E-state index in [1.54, 1.807) is 11.7 Å². The molecule has 0 spiro atoms. The molecule has 0 atom stereocenters. The van der Waals surface area contributed by atoms with Crippen LogP contribution in [0.3, 0.4) is 0 Å². The van der Waals surface area contributed by atoms with E-state index in [9.17, 15) is 4.79 Å². The lowest BCUT2D eigenvalue weighted by Crippen LogP contribution is -2.45. The molecule has 0 aromatic carbocycles. The first kappa shape index (κ1) is 17.2. The minimum absolute atomic E-state index is 0.0494. The van der Waals surface area contributed by atoms with Crippen LogP contribution in [0.1, 0.15) is 53.5 Å². The summed E-state index contributed by atoms with van der Waals surface area (Å²) in [5.41, 5.74) is 3.73. The third-order valence-electron chi connectivity index (χ3n) is 5.75. The summed E-state index contributed by atoms with van der Waals surface area (Å²) in [4.78, 5) is 19.5. The van der Waals surface area contributed by atoms with E-state index in [1.165, 1.54) is 18.5 Å². The average Bonchev–Trinajstić information content (AvgIpc) is 3.35. The lowest BCUT2D eigenvalue weighted by molar-refractivity contribution is 0.0921. The smallest absolute Gasteiger partial charge is 0.269 e. The Bertz CT molecular complexity index is 1020. The molecule has 1 aliphatic carbocycles. The number of hydrogen-bond donors (Lipinski definition) is 1. The third-order valence-corrected chi connectivity index (χ3v) is 5.75. The fraction of sp³-hybridized carbons (Fsp3) is 0.500. The highest BCUT2D eigenvalue weighted by molar-refractivity contribution is 5.92. The van der Waals surface area contributed by atoms with Crippen LogP contribution in [-0.2, 0) is 7.05 Å². The molecule has 146 valence electrons. The highest BCUT2D eigenvalue weighted by atomic mass is 16.2. The minimum Gasteiger partial charge on any atom is -0.355 e. The van der Waals surface area contributed by atoms with Crippen molar-refractivity contribution in [2.75, 3.05) is 18.0 Å². The van der Waals surface area contributed by atoms with Gasteiger partial charge in [-0.2, -0.15) is 10.2 Å². The maximum absolute atomic E-state index is 12.5. The van der Waals surface area contributed by atoms with Gasteiger partial charge in [0.25, 0.3) is 5.91 Å². The number of nitrogens with zero attached hydrogens (tertiary/aromatic N) is 6. The maximum Gasteiger partial charge on any atom is 0.269 e. The van der Waals surface area contributed by atoms with Crippen LogP contribution in [0.25, 0.3) is 5.52 Å². The second kappa shape index (κ2) is 6.61. The number of piperidine rings is 1. The van der Waals surface area contributed by atoms with Gasteiger partial charge in [0.1, 0.15) is 11.2 Å². The van der Waals surface area contributed by atoms with Gasteiger partial charge in [0.15, 0.2) is 5.82 Å². The van der Waals surface area contributed by atoms with Gasteiger partial charge >= 0.3 is 0 Å². The highest BCUT2D eigenvalue weighted by Gasteiger charge is 2.28. The van der Waals surface area contributed by atoms with Gasteiger partial charge in [-0.05, 0) is 44.7 Å². The molecule has 1 amide bonds. The SMILES string of the molecule is Cc1cc(C(=O)NC2CCN(c3nccn4nc(C5CC5)cc34)CC2)n(C)n1. The van der Waals surface area contributed by atoms with Gasteiger partial charge in [-0.1, -0.05) is 0 Å². The molecule has 2 aliphatic rings. The summed E-state index contributed by atoms with van der Waals surface area (Å²) in [5, 5.41) is 12.1. The van der Waals surface area contributed by atoms with Crippen molar-refractivity contribution in [2.24, 2.45) is 7.05 Å². The first-order chi connectivity index (χ1) is 13.6. The zero-order valence-corrected chi connectivity index (χ0v) is 16.3. The summed E-state index contributed by atoms with van der Waals surface area (Å²) in [7, 11) is 1.80. The Labute approximate surface area is 163 Å². The number of carbonyl (C=O) groups is 1. The number of aryl methyl sites for hydroxylation is 2. The monoisotopic (exact) mass is 379 g/mol. The van der Waals surface area contributed by atoms with E-state index in [1.807, 2.05) is 29.9 Å². The fourth-order valence-corrected chi connectivity index (χ4v) is 4.07. The second-order valence-corrected chi connectivity index (χ2v) is 7.95. The number of rotatable bonds is 4. The summed E-state index contributed by atoms with van der Waals surface area (Å²) in [5.74, 6) is 1.57. The van der Waals surface area contributed by atoms with Crippen molar-refractivity contribution in [3.8, 4) is 0 Å². The summed E-state index contributed by atoms with van der Waals surface area (Å²) >= 11 is 0. The van der Waals surface area contributed by atoms with Gasteiger partial charge in [-0.15, -0.1) is 0 Å². The summed E-state index contributed by atoms with van der Waals surface area (Å²) in [6, 6.07) is 4.19. The lowest BCUT2D eigenvalue weighted by Gasteiger charge is -2.33. The van der Waals surface area contributed by atoms with Crippen molar-refractivity contribution in [2.45, 2.75) is 44.6 Å². The van der Waals surface area contributed by atoms with Crippen LogP contribution < -0.4 is 10.2 Å². The largest absolute Gasteiger partial charge is 0.355 e. The Morgan fingerprint density at radius 2 is 1.93 bits per heavy atom. The Kier molecular flexibility index (Phi) is 4.07. The molecule has 3 aromatic rings. The molecule has 0 unspecified atom stereocenters. The quantitative estimate of drug-likeness (QED) is 0.750. The van der Waals surface area contributed by atoms with E-state index in [0.717, 1.165) is 43.0 Å². The Balaban J connectivity index is 1.26. The molecule has 0 bridgehead atoms. The van der Waals surface area contributed by atoms with Crippen LogP contribution in [0.5, 0.6) is 0 Å². The van der Waals surface area contributed by atoms with Crippen molar-refractivity contribution >= 4 is 17.2 Å². The van der Waals surface area contributed by atoms with Crippen molar-refractivity contribution in [1.29, 1.82) is 0 Å². The highest BCUT2D eigenvalue weighted by Crippen LogP contribution is 2.40. The number of hydrogen-bond acceptors (Lipinski definition) is 5. The van der Waals surface area contributed by atoms with E-state index in [4.69, 9.17) is 5.10 Å². The number of amides is 1. The predicted octanol–water partition coefficient (Wildman–Crippen LogP) is 2.05. The first-order valence-corrected chi connectivity index (χ1v) is 9.99. The van der Waals surface area contributed by atoms with E-state index >= 15 is 0 Å². The van der Waals surface area contributed by atoms with Crippen LogP contribution in [0.15, 0.2) is 24.5 Å². The van der Waals surface area contributed by atoms with E-state index in [-0.39, 0.29) is 11.9 Å². The normalized spacial score (nSPS) is 18.0. The molecule has 3 aromatic heterocycles. The fourth-order valence-electron chi connectivity index (χ4n) is 4.07. The number of carbonyl (C=O) groups excluding carboxylic acids is 1. The Hall–Kier alpha value is -2.90. The Morgan fingerprint density at radius 1 is 1.14 bits per heavy atom. The summed E-state index contributed by atoms with van der Waals surface area (Å²) < 4.78 is 3.59.